The molecule has 0 bridgehead atoms. The molecule has 1 atom stereocenters. The molecule has 0 aliphatic heterocycles. The molecule has 0 N–H and O–H groups in total. The smallest absolute Gasteiger partial charge is 0.306 e. The van der Waals surface area contributed by atoms with Crippen molar-refractivity contribution < 1.29 is 28.6 Å². The van der Waals surface area contributed by atoms with Crippen LogP contribution in [-0.2, 0) is 28.6 Å². The molecule has 0 aliphatic carbocycles. The average molecular weight is 843 g/mol. The SMILES string of the molecule is CC/C=C\C/C=C\CCCCC(=O)OCC(COC(=O)CCCCCCCCC/C=C\CCCCCCCC)OC(=O)CCCCCCCCCCCCCCCCCC. The van der Waals surface area contributed by atoms with Gasteiger partial charge < -0.3 is 14.2 Å². The molecule has 0 saturated carbocycles. The molecule has 6 nitrogen and oxygen atoms in total. The third-order valence-corrected chi connectivity index (χ3v) is 11.4. The van der Waals surface area contributed by atoms with E-state index in [0.29, 0.717) is 19.3 Å². The molecular weight excluding hydrogens is 745 g/mol. The largest absolute Gasteiger partial charge is 0.462 e. The highest BCUT2D eigenvalue weighted by Crippen LogP contribution is 2.16. The molecule has 0 aromatic rings. The fraction of sp³-hybridized carbons (Fsp3) is 0.833. The Labute approximate surface area is 372 Å². The number of allylic oxidation sites excluding steroid dienone is 6. The van der Waals surface area contributed by atoms with Crippen LogP contribution in [0.3, 0.4) is 0 Å². The average Bonchev–Trinajstić information content (AvgIpc) is 3.24. The van der Waals surface area contributed by atoms with Crippen LogP contribution < -0.4 is 0 Å². The van der Waals surface area contributed by atoms with Crippen LogP contribution in [0.1, 0.15) is 271 Å². The molecule has 60 heavy (non-hydrogen) atoms. The van der Waals surface area contributed by atoms with Crippen LogP contribution in [0.4, 0.5) is 0 Å². The maximum atomic E-state index is 12.8. The molecule has 0 spiro atoms. The van der Waals surface area contributed by atoms with Crippen molar-refractivity contribution in [3.05, 3.63) is 36.5 Å². The summed E-state index contributed by atoms with van der Waals surface area (Å²) >= 11 is 0. The molecule has 0 aliphatic rings. The van der Waals surface area contributed by atoms with Gasteiger partial charge in [-0.15, -0.1) is 0 Å². The number of ether oxygens (including phenoxy) is 3. The third kappa shape index (κ3) is 46.7. The molecule has 1 unspecified atom stereocenters. The second-order valence-electron chi connectivity index (χ2n) is 17.4. The van der Waals surface area contributed by atoms with Crippen molar-refractivity contribution >= 4 is 17.9 Å². The van der Waals surface area contributed by atoms with Crippen LogP contribution in [0, 0.1) is 0 Å². The van der Waals surface area contributed by atoms with Gasteiger partial charge in [0, 0.05) is 19.3 Å². The zero-order valence-electron chi connectivity index (χ0n) is 40.0. The van der Waals surface area contributed by atoms with E-state index in [-0.39, 0.29) is 31.1 Å². The van der Waals surface area contributed by atoms with Crippen LogP contribution in [0.25, 0.3) is 0 Å². The Hall–Kier alpha value is -2.37. The Balaban J connectivity index is 4.30. The normalized spacial score (nSPS) is 12.2. The van der Waals surface area contributed by atoms with Gasteiger partial charge >= 0.3 is 17.9 Å². The number of hydrogen-bond acceptors (Lipinski definition) is 6. The van der Waals surface area contributed by atoms with E-state index in [1.165, 1.54) is 161 Å². The highest BCUT2D eigenvalue weighted by atomic mass is 16.6. The van der Waals surface area contributed by atoms with Gasteiger partial charge in [0.2, 0.25) is 0 Å². The first-order valence-corrected chi connectivity index (χ1v) is 26.0. The highest BCUT2D eigenvalue weighted by molar-refractivity contribution is 5.71. The van der Waals surface area contributed by atoms with E-state index in [1.807, 2.05) is 0 Å². The second kappa shape index (κ2) is 49.3. The van der Waals surface area contributed by atoms with Gasteiger partial charge in [0.25, 0.3) is 0 Å². The Morgan fingerprint density at radius 2 is 0.650 bits per heavy atom. The zero-order chi connectivity index (χ0) is 43.7. The summed E-state index contributed by atoms with van der Waals surface area (Å²) < 4.78 is 16.7. The number of unbranched alkanes of at least 4 members (excludes halogenated alkanes) is 30. The molecule has 0 aromatic carbocycles. The van der Waals surface area contributed by atoms with E-state index in [9.17, 15) is 14.4 Å². The van der Waals surface area contributed by atoms with E-state index in [1.54, 1.807) is 0 Å². The highest BCUT2D eigenvalue weighted by Gasteiger charge is 2.19. The number of esters is 3. The van der Waals surface area contributed by atoms with Crippen molar-refractivity contribution in [2.24, 2.45) is 0 Å². The maximum Gasteiger partial charge on any atom is 0.306 e. The van der Waals surface area contributed by atoms with E-state index >= 15 is 0 Å². The monoisotopic (exact) mass is 843 g/mol. The van der Waals surface area contributed by atoms with Crippen molar-refractivity contribution in [2.75, 3.05) is 13.2 Å². The van der Waals surface area contributed by atoms with Gasteiger partial charge in [-0.1, -0.05) is 218 Å². The Kier molecular flexibility index (Phi) is 47.3. The summed E-state index contributed by atoms with van der Waals surface area (Å²) in [6.45, 7) is 6.50. The van der Waals surface area contributed by atoms with E-state index in [2.05, 4.69) is 57.2 Å². The summed E-state index contributed by atoms with van der Waals surface area (Å²) in [5.41, 5.74) is 0. The molecule has 0 saturated heterocycles. The second-order valence-corrected chi connectivity index (χ2v) is 17.4. The van der Waals surface area contributed by atoms with Gasteiger partial charge in [-0.2, -0.15) is 0 Å². The minimum Gasteiger partial charge on any atom is -0.462 e. The van der Waals surface area contributed by atoms with Gasteiger partial charge in [0.1, 0.15) is 13.2 Å². The first-order valence-electron chi connectivity index (χ1n) is 26.0. The van der Waals surface area contributed by atoms with Crippen molar-refractivity contribution in [2.45, 2.75) is 277 Å². The zero-order valence-corrected chi connectivity index (χ0v) is 40.0. The standard InChI is InChI=1S/C54H98O6/c1-4-7-10-13-16-19-21-23-25-27-29-30-32-35-38-41-44-47-53(56)59-50-51(49-58-52(55)46-43-40-37-34-18-15-12-9-6-3)60-54(57)48-45-42-39-36-33-31-28-26-24-22-20-17-14-11-8-5-2/h9,12,18,23,25,34,51H,4-8,10-11,13-17,19-22,24,26-33,35-50H2,1-3H3/b12-9-,25-23-,34-18-. The quantitative estimate of drug-likeness (QED) is 0.0263. The first kappa shape index (κ1) is 57.6. The van der Waals surface area contributed by atoms with E-state index in [4.69, 9.17) is 14.2 Å². The molecule has 350 valence electrons. The van der Waals surface area contributed by atoms with Crippen LogP contribution in [0.15, 0.2) is 36.5 Å². The van der Waals surface area contributed by atoms with Crippen molar-refractivity contribution in [1.29, 1.82) is 0 Å². The summed E-state index contributed by atoms with van der Waals surface area (Å²) in [6.07, 6.45) is 57.1. The third-order valence-electron chi connectivity index (χ3n) is 11.4. The lowest BCUT2D eigenvalue weighted by molar-refractivity contribution is -0.167. The van der Waals surface area contributed by atoms with Crippen LogP contribution in [0.2, 0.25) is 0 Å². The molecule has 0 radical (unpaired) electrons. The molecule has 6 heteroatoms. The lowest BCUT2D eigenvalue weighted by atomic mass is 10.0. The number of rotatable bonds is 47. The minimum absolute atomic E-state index is 0.0819. The summed E-state index contributed by atoms with van der Waals surface area (Å²) in [4.78, 5) is 37.9. The summed E-state index contributed by atoms with van der Waals surface area (Å²) in [6, 6.07) is 0. The topological polar surface area (TPSA) is 78.9 Å². The Morgan fingerprint density at radius 1 is 0.350 bits per heavy atom. The Morgan fingerprint density at radius 3 is 1.05 bits per heavy atom. The van der Waals surface area contributed by atoms with Crippen LogP contribution >= 0.6 is 0 Å². The maximum absolute atomic E-state index is 12.8. The van der Waals surface area contributed by atoms with Gasteiger partial charge in [-0.3, -0.25) is 14.4 Å². The predicted molar refractivity (Wildman–Crippen MR) is 256 cm³/mol. The minimum atomic E-state index is -0.782. The summed E-state index contributed by atoms with van der Waals surface area (Å²) in [7, 11) is 0. The van der Waals surface area contributed by atoms with E-state index in [0.717, 1.165) is 70.6 Å². The van der Waals surface area contributed by atoms with Gasteiger partial charge in [0.05, 0.1) is 0 Å². The number of carbonyl (C=O) groups excluding carboxylic acids is 3. The number of hydrogen-bond donors (Lipinski definition) is 0. The fourth-order valence-corrected chi connectivity index (χ4v) is 7.48. The molecule has 0 rings (SSSR count). The molecule has 0 heterocycles. The Bertz CT molecular complexity index is 1020. The molecule has 0 aromatic heterocycles. The van der Waals surface area contributed by atoms with Crippen molar-refractivity contribution in [1.82, 2.24) is 0 Å². The van der Waals surface area contributed by atoms with Gasteiger partial charge in [-0.25, -0.2) is 0 Å². The van der Waals surface area contributed by atoms with Crippen LogP contribution in [0.5, 0.6) is 0 Å². The molecule has 0 amide bonds. The lowest BCUT2D eigenvalue weighted by Gasteiger charge is -2.18. The van der Waals surface area contributed by atoms with Crippen molar-refractivity contribution in [3.63, 3.8) is 0 Å². The molecule has 0 fully saturated rings. The van der Waals surface area contributed by atoms with Gasteiger partial charge in [0.15, 0.2) is 6.10 Å². The summed E-state index contributed by atoms with van der Waals surface area (Å²) in [5, 5.41) is 0. The predicted octanol–water partition coefficient (Wildman–Crippen LogP) is 16.9. The van der Waals surface area contributed by atoms with Crippen molar-refractivity contribution in [3.8, 4) is 0 Å². The first-order chi connectivity index (χ1) is 29.5. The summed E-state index contributed by atoms with van der Waals surface area (Å²) in [5.74, 6) is -0.914. The molecular formula is C54H98O6. The lowest BCUT2D eigenvalue weighted by Crippen LogP contribution is -2.30. The number of carbonyl (C=O) groups is 3. The van der Waals surface area contributed by atoms with Gasteiger partial charge in [-0.05, 0) is 70.6 Å². The van der Waals surface area contributed by atoms with Crippen LogP contribution in [-0.4, -0.2) is 37.2 Å². The fourth-order valence-electron chi connectivity index (χ4n) is 7.48. The van der Waals surface area contributed by atoms with E-state index < -0.39 is 6.10 Å².